The van der Waals surface area contributed by atoms with Gasteiger partial charge >= 0.3 is 0 Å². The Morgan fingerprint density at radius 1 is 1.57 bits per heavy atom. The predicted molar refractivity (Wildman–Crippen MR) is 52.2 cm³/mol. The summed E-state index contributed by atoms with van der Waals surface area (Å²) in [6.45, 7) is 5.21. The van der Waals surface area contributed by atoms with Crippen molar-refractivity contribution in [3.63, 3.8) is 0 Å². The van der Waals surface area contributed by atoms with Crippen LogP contribution in [0.3, 0.4) is 0 Å². The van der Waals surface area contributed by atoms with E-state index in [1.807, 2.05) is 10.8 Å². The Balaban J connectivity index is 2.26. The molecule has 0 radical (unpaired) electrons. The molecule has 2 rings (SSSR count). The zero-order valence-electron chi connectivity index (χ0n) is 8.55. The summed E-state index contributed by atoms with van der Waals surface area (Å²) in [6, 6.07) is 0.0369. The number of aliphatic hydroxyl groups excluding tert-OH is 1. The standard InChI is InChI=1S/C10H16N2O2/c1-7(2)10-11-3-4-12(10)8-5-14-6-9(8)13/h3-4,7-9,13H,5-6H2,1-2H3. The molecule has 2 unspecified atom stereocenters. The van der Waals surface area contributed by atoms with E-state index in [9.17, 15) is 5.11 Å². The first-order valence-corrected chi connectivity index (χ1v) is 4.98. The molecule has 0 aliphatic carbocycles. The largest absolute Gasteiger partial charge is 0.388 e. The molecule has 0 aromatic carbocycles. The lowest BCUT2D eigenvalue weighted by molar-refractivity contribution is 0.119. The van der Waals surface area contributed by atoms with Crippen molar-refractivity contribution in [3.05, 3.63) is 18.2 Å². The minimum absolute atomic E-state index is 0.0369. The van der Waals surface area contributed by atoms with Gasteiger partial charge in [0.25, 0.3) is 0 Å². The average molecular weight is 196 g/mol. The fourth-order valence-corrected chi connectivity index (χ4v) is 1.85. The van der Waals surface area contributed by atoms with E-state index in [0.29, 0.717) is 19.1 Å². The van der Waals surface area contributed by atoms with E-state index in [4.69, 9.17) is 4.74 Å². The van der Waals surface area contributed by atoms with Gasteiger partial charge in [0.15, 0.2) is 0 Å². The molecule has 2 heterocycles. The number of rotatable bonds is 2. The quantitative estimate of drug-likeness (QED) is 0.765. The number of aromatic nitrogens is 2. The van der Waals surface area contributed by atoms with Crippen LogP contribution in [0.15, 0.2) is 12.4 Å². The van der Waals surface area contributed by atoms with Crippen LogP contribution in [-0.2, 0) is 4.74 Å². The van der Waals surface area contributed by atoms with Crippen molar-refractivity contribution in [2.24, 2.45) is 0 Å². The monoisotopic (exact) mass is 196 g/mol. The van der Waals surface area contributed by atoms with Crippen LogP contribution in [-0.4, -0.2) is 34.0 Å². The minimum atomic E-state index is -0.401. The van der Waals surface area contributed by atoms with Crippen LogP contribution >= 0.6 is 0 Å². The lowest BCUT2D eigenvalue weighted by atomic mass is 10.1. The van der Waals surface area contributed by atoms with Gasteiger partial charge in [0, 0.05) is 18.3 Å². The molecule has 4 heteroatoms. The van der Waals surface area contributed by atoms with Gasteiger partial charge in [-0.05, 0) is 0 Å². The predicted octanol–water partition coefficient (Wildman–Crippen LogP) is 0.939. The highest BCUT2D eigenvalue weighted by Crippen LogP contribution is 2.24. The third-order valence-electron chi connectivity index (χ3n) is 2.59. The first-order chi connectivity index (χ1) is 6.70. The zero-order valence-corrected chi connectivity index (χ0v) is 8.55. The molecule has 1 aromatic rings. The molecule has 78 valence electrons. The van der Waals surface area contributed by atoms with Crippen molar-refractivity contribution in [1.29, 1.82) is 0 Å². The molecule has 1 saturated heterocycles. The number of nitrogens with zero attached hydrogens (tertiary/aromatic N) is 2. The van der Waals surface area contributed by atoms with Crippen LogP contribution in [0.4, 0.5) is 0 Å². The molecule has 1 fully saturated rings. The Labute approximate surface area is 83.5 Å². The molecule has 0 amide bonds. The summed E-state index contributed by atoms with van der Waals surface area (Å²) in [4.78, 5) is 4.29. The fraction of sp³-hybridized carbons (Fsp3) is 0.700. The molecular formula is C10H16N2O2. The lowest BCUT2D eigenvalue weighted by Crippen LogP contribution is -2.23. The van der Waals surface area contributed by atoms with E-state index in [2.05, 4.69) is 18.8 Å². The Hall–Kier alpha value is -0.870. The maximum Gasteiger partial charge on any atom is 0.111 e. The number of aliphatic hydroxyl groups is 1. The number of hydrogen-bond donors (Lipinski definition) is 1. The SMILES string of the molecule is CC(C)c1nccn1C1COCC1O. The van der Waals surface area contributed by atoms with E-state index >= 15 is 0 Å². The topological polar surface area (TPSA) is 47.3 Å². The van der Waals surface area contributed by atoms with E-state index < -0.39 is 6.10 Å². The first-order valence-electron chi connectivity index (χ1n) is 4.98. The van der Waals surface area contributed by atoms with Gasteiger partial charge < -0.3 is 14.4 Å². The van der Waals surface area contributed by atoms with E-state index in [0.717, 1.165) is 5.82 Å². The van der Waals surface area contributed by atoms with E-state index in [-0.39, 0.29) is 6.04 Å². The van der Waals surface area contributed by atoms with Crippen LogP contribution in [0, 0.1) is 0 Å². The van der Waals surface area contributed by atoms with Gasteiger partial charge in [0.05, 0.1) is 19.3 Å². The summed E-state index contributed by atoms with van der Waals surface area (Å²) in [5, 5.41) is 9.69. The third-order valence-corrected chi connectivity index (χ3v) is 2.59. The molecule has 1 aliphatic rings. The average Bonchev–Trinajstić information content (AvgIpc) is 2.70. The van der Waals surface area contributed by atoms with Crippen molar-refractivity contribution in [2.45, 2.75) is 31.9 Å². The van der Waals surface area contributed by atoms with Gasteiger partial charge in [-0.1, -0.05) is 13.8 Å². The van der Waals surface area contributed by atoms with Gasteiger partial charge in [0.1, 0.15) is 11.9 Å². The summed E-state index contributed by atoms with van der Waals surface area (Å²) >= 11 is 0. The Morgan fingerprint density at radius 3 is 2.93 bits per heavy atom. The minimum Gasteiger partial charge on any atom is -0.388 e. The number of hydrogen-bond acceptors (Lipinski definition) is 3. The maximum atomic E-state index is 9.69. The maximum absolute atomic E-state index is 9.69. The Morgan fingerprint density at radius 2 is 2.36 bits per heavy atom. The smallest absolute Gasteiger partial charge is 0.111 e. The van der Waals surface area contributed by atoms with Gasteiger partial charge in [-0.2, -0.15) is 0 Å². The van der Waals surface area contributed by atoms with Gasteiger partial charge in [-0.25, -0.2) is 4.98 Å². The molecule has 0 bridgehead atoms. The molecule has 4 nitrogen and oxygen atoms in total. The van der Waals surface area contributed by atoms with Gasteiger partial charge in [0.2, 0.25) is 0 Å². The van der Waals surface area contributed by atoms with Crippen LogP contribution in [0.2, 0.25) is 0 Å². The number of ether oxygens (including phenoxy) is 1. The van der Waals surface area contributed by atoms with Crippen LogP contribution in [0.1, 0.15) is 31.6 Å². The zero-order chi connectivity index (χ0) is 10.1. The van der Waals surface area contributed by atoms with Gasteiger partial charge in [-0.3, -0.25) is 0 Å². The summed E-state index contributed by atoms with van der Waals surface area (Å²) in [5.41, 5.74) is 0. The highest BCUT2D eigenvalue weighted by atomic mass is 16.5. The first kappa shape index (κ1) is 9.68. The van der Waals surface area contributed by atoms with Crippen LogP contribution < -0.4 is 0 Å². The third kappa shape index (κ3) is 1.55. The number of imidazole rings is 1. The van der Waals surface area contributed by atoms with Crippen molar-refractivity contribution < 1.29 is 9.84 Å². The van der Waals surface area contributed by atoms with E-state index in [1.165, 1.54) is 0 Å². The lowest BCUT2D eigenvalue weighted by Gasteiger charge is -2.18. The fourth-order valence-electron chi connectivity index (χ4n) is 1.85. The van der Waals surface area contributed by atoms with Gasteiger partial charge in [-0.15, -0.1) is 0 Å². The Kier molecular flexibility index (Phi) is 2.56. The normalized spacial score (nSPS) is 27.4. The molecular weight excluding hydrogens is 180 g/mol. The van der Waals surface area contributed by atoms with Crippen molar-refractivity contribution in [3.8, 4) is 0 Å². The summed E-state index contributed by atoms with van der Waals surface area (Å²) in [7, 11) is 0. The second-order valence-electron chi connectivity index (χ2n) is 4.02. The molecule has 1 aromatic heterocycles. The van der Waals surface area contributed by atoms with Crippen molar-refractivity contribution in [1.82, 2.24) is 9.55 Å². The highest BCUT2D eigenvalue weighted by molar-refractivity contribution is 5.02. The van der Waals surface area contributed by atoms with Crippen LogP contribution in [0.5, 0.6) is 0 Å². The second-order valence-corrected chi connectivity index (χ2v) is 4.02. The molecule has 1 N–H and O–H groups in total. The van der Waals surface area contributed by atoms with Crippen LogP contribution in [0.25, 0.3) is 0 Å². The Bertz CT molecular complexity index is 309. The summed E-state index contributed by atoms with van der Waals surface area (Å²) < 4.78 is 7.26. The summed E-state index contributed by atoms with van der Waals surface area (Å²) in [5.74, 6) is 1.39. The van der Waals surface area contributed by atoms with Crippen molar-refractivity contribution >= 4 is 0 Å². The highest BCUT2D eigenvalue weighted by Gasteiger charge is 2.29. The molecule has 14 heavy (non-hydrogen) atoms. The van der Waals surface area contributed by atoms with E-state index in [1.54, 1.807) is 6.20 Å². The second kappa shape index (κ2) is 3.71. The molecule has 2 atom stereocenters. The molecule has 0 saturated carbocycles. The summed E-state index contributed by atoms with van der Waals surface area (Å²) in [6.07, 6.45) is 3.29. The molecule has 1 aliphatic heterocycles. The molecule has 0 spiro atoms. The van der Waals surface area contributed by atoms with Crippen molar-refractivity contribution in [2.75, 3.05) is 13.2 Å².